The summed E-state index contributed by atoms with van der Waals surface area (Å²) in [6, 6.07) is 6.68. The Morgan fingerprint density at radius 2 is 1.17 bits per heavy atom. The zero-order valence-corrected chi connectivity index (χ0v) is 12.1. The van der Waals surface area contributed by atoms with Crippen molar-refractivity contribution in [2.45, 2.75) is 10.1 Å². The summed E-state index contributed by atoms with van der Waals surface area (Å²) in [6.07, 6.45) is 0. The fraction of sp³-hybridized carbons (Fsp3) is 0. The van der Waals surface area contributed by atoms with Crippen LogP contribution in [0.5, 0.6) is 0 Å². The molecule has 0 radical (unpaired) electrons. The molecule has 2 aromatic heterocycles. The Morgan fingerprint density at radius 3 is 1.56 bits per heavy atom. The predicted octanol–water partition coefficient (Wildman–Crippen LogP) is 3.75. The van der Waals surface area contributed by atoms with Gasteiger partial charge in [0.15, 0.2) is 0 Å². The van der Waals surface area contributed by atoms with Crippen molar-refractivity contribution >= 4 is 56.2 Å². The zero-order valence-electron chi connectivity index (χ0n) is 8.93. The van der Waals surface area contributed by atoms with Gasteiger partial charge < -0.3 is 11.5 Å². The second-order valence-corrected chi connectivity index (χ2v) is 6.10. The van der Waals surface area contributed by atoms with Crippen molar-refractivity contribution in [1.29, 1.82) is 0 Å². The number of nitrogens with two attached hydrogens (primary N) is 2. The second kappa shape index (κ2) is 5.88. The summed E-state index contributed by atoms with van der Waals surface area (Å²) in [5.41, 5.74) is 12.7. The maximum Gasteiger partial charge on any atom is 0.132 e. The summed E-state index contributed by atoms with van der Waals surface area (Å²) >= 11 is 11.6. The lowest BCUT2D eigenvalue weighted by Crippen LogP contribution is -1.92. The minimum absolute atomic E-state index is 0.388. The molecule has 8 heteroatoms. The van der Waals surface area contributed by atoms with Crippen LogP contribution in [0.15, 0.2) is 34.3 Å². The van der Waals surface area contributed by atoms with E-state index >= 15 is 0 Å². The summed E-state index contributed by atoms with van der Waals surface area (Å²) in [5, 5.41) is 2.01. The van der Waals surface area contributed by atoms with Crippen molar-refractivity contribution < 1.29 is 0 Å². The van der Waals surface area contributed by atoms with E-state index in [9.17, 15) is 0 Å². The number of aromatic nitrogens is 2. The van der Waals surface area contributed by atoms with Crippen LogP contribution in [0, 0.1) is 0 Å². The maximum atomic E-state index is 5.80. The van der Waals surface area contributed by atoms with E-state index < -0.39 is 0 Å². The highest BCUT2D eigenvalue weighted by atomic mass is 35.5. The van der Waals surface area contributed by atoms with Gasteiger partial charge in [-0.25, -0.2) is 9.97 Å². The van der Waals surface area contributed by atoms with Crippen LogP contribution in [-0.4, -0.2) is 9.97 Å². The molecule has 0 atom stereocenters. The summed E-state index contributed by atoms with van der Waals surface area (Å²) in [5.74, 6) is 0. The van der Waals surface area contributed by atoms with E-state index in [0.717, 1.165) is 0 Å². The van der Waals surface area contributed by atoms with E-state index in [1.165, 1.54) is 21.6 Å². The molecule has 2 heterocycles. The SMILES string of the molecule is Nc1ccc(Cl)nc1SSc1nc(Cl)ccc1N. The Kier molecular flexibility index (Phi) is 4.45. The van der Waals surface area contributed by atoms with Gasteiger partial charge in [0.1, 0.15) is 20.4 Å². The number of nitrogen functional groups attached to an aromatic ring is 2. The first kappa shape index (κ1) is 13.6. The molecule has 0 aliphatic heterocycles. The van der Waals surface area contributed by atoms with Crippen LogP contribution in [-0.2, 0) is 0 Å². The second-order valence-electron chi connectivity index (χ2n) is 3.22. The van der Waals surface area contributed by atoms with Gasteiger partial charge >= 0.3 is 0 Å². The lowest BCUT2D eigenvalue weighted by Gasteiger charge is -2.05. The molecule has 0 aliphatic rings. The van der Waals surface area contributed by atoms with Crippen LogP contribution in [0.4, 0.5) is 11.4 Å². The van der Waals surface area contributed by atoms with Crippen LogP contribution >= 0.6 is 44.8 Å². The summed E-state index contributed by atoms with van der Waals surface area (Å²) in [4.78, 5) is 8.24. The molecule has 4 N–H and O–H groups in total. The molecule has 0 saturated carbocycles. The summed E-state index contributed by atoms with van der Waals surface area (Å²) < 4.78 is 0. The molecule has 2 aromatic rings. The Hall–Kier alpha value is -0.820. The number of hydrogen-bond acceptors (Lipinski definition) is 6. The van der Waals surface area contributed by atoms with E-state index in [-0.39, 0.29) is 0 Å². The van der Waals surface area contributed by atoms with Crippen molar-refractivity contribution in [3.63, 3.8) is 0 Å². The van der Waals surface area contributed by atoms with E-state index in [0.29, 0.717) is 31.7 Å². The Morgan fingerprint density at radius 1 is 0.778 bits per heavy atom. The Balaban J connectivity index is 2.16. The molecule has 4 nitrogen and oxygen atoms in total. The van der Waals surface area contributed by atoms with Gasteiger partial charge in [0.2, 0.25) is 0 Å². The molecule has 94 valence electrons. The Labute approximate surface area is 122 Å². The van der Waals surface area contributed by atoms with Crippen molar-refractivity contribution in [3.8, 4) is 0 Å². The molecule has 0 saturated heterocycles. The standard InChI is InChI=1S/C10H8Cl2N4S2/c11-7-3-1-5(13)9(15-7)17-18-10-6(14)2-4-8(12)16-10/h1-4H,13-14H2. The molecular formula is C10H8Cl2N4S2. The van der Waals surface area contributed by atoms with Gasteiger partial charge in [-0.05, 0) is 45.9 Å². The molecular weight excluding hydrogens is 311 g/mol. The fourth-order valence-corrected chi connectivity index (χ4v) is 3.50. The summed E-state index contributed by atoms with van der Waals surface area (Å²) in [6.45, 7) is 0. The van der Waals surface area contributed by atoms with Crippen LogP contribution in [0.1, 0.15) is 0 Å². The molecule has 0 fully saturated rings. The van der Waals surface area contributed by atoms with E-state index in [2.05, 4.69) is 9.97 Å². The topological polar surface area (TPSA) is 77.8 Å². The van der Waals surface area contributed by atoms with Gasteiger partial charge in [-0.1, -0.05) is 23.2 Å². The average Bonchev–Trinajstić information content (AvgIpc) is 2.34. The van der Waals surface area contributed by atoms with Gasteiger partial charge in [-0.2, -0.15) is 0 Å². The molecule has 0 aromatic carbocycles. The first-order chi connectivity index (χ1) is 8.56. The van der Waals surface area contributed by atoms with Gasteiger partial charge in [0.25, 0.3) is 0 Å². The van der Waals surface area contributed by atoms with Crippen molar-refractivity contribution in [2.24, 2.45) is 0 Å². The van der Waals surface area contributed by atoms with E-state index in [4.69, 9.17) is 34.7 Å². The van der Waals surface area contributed by atoms with Crippen LogP contribution in [0.25, 0.3) is 0 Å². The third-order valence-electron chi connectivity index (χ3n) is 1.91. The van der Waals surface area contributed by atoms with Crippen LogP contribution < -0.4 is 11.5 Å². The van der Waals surface area contributed by atoms with E-state index in [1.807, 2.05) is 0 Å². The molecule has 18 heavy (non-hydrogen) atoms. The van der Waals surface area contributed by atoms with E-state index in [1.54, 1.807) is 24.3 Å². The minimum atomic E-state index is 0.388. The maximum absolute atomic E-state index is 5.80. The monoisotopic (exact) mass is 318 g/mol. The normalized spacial score (nSPS) is 10.6. The van der Waals surface area contributed by atoms with Gasteiger partial charge in [0.05, 0.1) is 11.4 Å². The quantitative estimate of drug-likeness (QED) is 0.663. The van der Waals surface area contributed by atoms with Crippen molar-refractivity contribution in [1.82, 2.24) is 9.97 Å². The molecule has 0 unspecified atom stereocenters. The molecule has 0 bridgehead atoms. The number of pyridine rings is 2. The predicted molar refractivity (Wildman–Crippen MR) is 79.0 cm³/mol. The van der Waals surface area contributed by atoms with Crippen LogP contribution in [0.2, 0.25) is 10.3 Å². The zero-order chi connectivity index (χ0) is 13.1. The Bertz CT molecular complexity index is 528. The fourth-order valence-electron chi connectivity index (χ4n) is 1.07. The number of rotatable bonds is 3. The number of anilines is 2. The lowest BCUT2D eigenvalue weighted by atomic mass is 10.4. The average molecular weight is 319 g/mol. The minimum Gasteiger partial charge on any atom is -0.397 e. The smallest absolute Gasteiger partial charge is 0.132 e. The third-order valence-corrected chi connectivity index (χ3v) is 4.58. The lowest BCUT2D eigenvalue weighted by molar-refractivity contribution is 1.14. The van der Waals surface area contributed by atoms with Crippen molar-refractivity contribution in [2.75, 3.05) is 11.5 Å². The first-order valence-corrected chi connectivity index (χ1v) is 7.65. The third kappa shape index (κ3) is 3.35. The number of nitrogens with zero attached hydrogens (tertiary/aromatic N) is 2. The van der Waals surface area contributed by atoms with Crippen molar-refractivity contribution in [3.05, 3.63) is 34.6 Å². The highest BCUT2D eigenvalue weighted by Gasteiger charge is 2.08. The number of hydrogen-bond donors (Lipinski definition) is 2. The van der Waals surface area contributed by atoms with Crippen LogP contribution in [0.3, 0.4) is 0 Å². The highest BCUT2D eigenvalue weighted by molar-refractivity contribution is 8.76. The largest absolute Gasteiger partial charge is 0.397 e. The highest BCUT2D eigenvalue weighted by Crippen LogP contribution is 2.40. The number of halogens is 2. The van der Waals surface area contributed by atoms with Gasteiger partial charge in [-0.3, -0.25) is 0 Å². The van der Waals surface area contributed by atoms with Gasteiger partial charge in [0, 0.05) is 0 Å². The molecule has 0 spiro atoms. The van der Waals surface area contributed by atoms with Gasteiger partial charge in [-0.15, -0.1) is 0 Å². The summed E-state index contributed by atoms with van der Waals surface area (Å²) in [7, 11) is 2.66. The molecule has 0 aliphatic carbocycles. The molecule has 0 amide bonds. The molecule has 2 rings (SSSR count). The first-order valence-electron chi connectivity index (χ1n) is 4.75.